The molecule has 2 aliphatic heterocycles. The molecule has 260 valence electrons. The standard InChI is InChI=1S/C40H46N6O4/c1-24-28(10-6-12-30(24)39-43-33-20-45(23-47)22-35(33)50-39)29-11-7-13-31(25(29)2)42-38(49)37-41-32-21-46(19-16-34(32)44(37)4)27-14-17-40(3,18-15-27)36(48)26-8-5-9-26/h6-7,10-13,23,27,48H,5,8-9,14-22H2,1-4H3,(H,42,49). The summed E-state index contributed by atoms with van der Waals surface area (Å²) in [6.07, 6.45) is 9.17. The number of anilines is 1. The van der Waals surface area contributed by atoms with Crippen LogP contribution >= 0.6 is 0 Å². The number of hydrogen-bond acceptors (Lipinski definition) is 7. The molecular formula is C40H46N6O4. The molecule has 4 aromatic rings. The van der Waals surface area contributed by atoms with Gasteiger partial charge >= 0.3 is 0 Å². The maximum Gasteiger partial charge on any atom is 0.291 e. The SMILES string of the molecule is Cc1c(NC(=O)c2nc3c(n2C)CCN(C2CCC(C)(C(O)=C4CCC4)CC2)C3)cccc1-c1cccc(-c2nc3c(o2)CN(C=O)C3)c1C. The van der Waals surface area contributed by atoms with Crippen molar-refractivity contribution in [3.63, 3.8) is 0 Å². The number of fused-ring (bicyclic) bond motifs is 2. The van der Waals surface area contributed by atoms with E-state index in [1.807, 2.05) is 42.8 Å². The summed E-state index contributed by atoms with van der Waals surface area (Å²) >= 11 is 0. The minimum absolute atomic E-state index is 0.0848. The van der Waals surface area contributed by atoms with Crippen LogP contribution < -0.4 is 5.32 Å². The molecule has 4 heterocycles. The zero-order valence-corrected chi connectivity index (χ0v) is 29.5. The van der Waals surface area contributed by atoms with Gasteiger partial charge in [-0.1, -0.05) is 31.2 Å². The Morgan fingerprint density at radius 3 is 2.38 bits per heavy atom. The number of oxazole rings is 1. The Labute approximate surface area is 293 Å². The fourth-order valence-electron chi connectivity index (χ4n) is 8.57. The van der Waals surface area contributed by atoms with Crippen LogP contribution in [0, 0.1) is 19.3 Å². The van der Waals surface area contributed by atoms with Crippen molar-refractivity contribution < 1.29 is 19.1 Å². The molecule has 50 heavy (non-hydrogen) atoms. The Bertz CT molecular complexity index is 2000. The first-order valence-electron chi connectivity index (χ1n) is 18.0. The van der Waals surface area contributed by atoms with Crippen LogP contribution in [0.3, 0.4) is 0 Å². The van der Waals surface area contributed by atoms with Gasteiger partial charge in [0.15, 0.2) is 5.82 Å². The van der Waals surface area contributed by atoms with Crippen LogP contribution in [0.2, 0.25) is 0 Å². The van der Waals surface area contributed by atoms with E-state index in [1.165, 1.54) is 12.0 Å². The van der Waals surface area contributed by atoms with Gasteiger partial charge in [-0.2, -0.15) is 0 Å². The number of carbonyl (C=O) groups excluding carboxylic acids is 2. The van der Waals surface area contributed by atoms with Crippen molar-refractivity contribution in [2.75, 3.05) is 11.9 Å². The van der Waals surface area contributed by atoms with Crippen LogP contribution in [0.25, 0.3) is 22.6 Å². The van der Waals surface area contributed by atoms with E-state index in [-0.39, 0.29) is 11.3 Å². The minimum atomic E-state index is -0.217. The van der Waals surface area contributed by atoms with Gasteiger partial charge in [-0.3, -0.25) is 14.5 Å². The number of nitrogens with zero attached hydrogens (tertiary/aromatic N) is 5. The molecule has 0 atom stereocenters. The predicted octanol–water partition coefficient (Wildman–Crippen LogP) is 7.39. The molecule has 10 heteroatoms. The second kappa shape index (κ2) is 12.6. The molecule has 10 nitrogen and oxygen atoms in total. The molecule has 8 rings (SSSR count). The van der Waals surface area contributed by atoms with E-state index >= 15 is 0 Å². The lowest BCUT2D eigenvalue weighted by molar-refractivity contribution is -0.118. The van der Waals surface area contributed by atoms with E-state index in [0.717, 1.165) is 121 Å². The van der Waals surface area contributed by atoms with Gasteiger partial charge in [-0.25, -0.2) is 9.97 Å². The quantitative estimate of drug-likeness (QED) is 0.155. The summed E-state index contributed by atoms with van der Waals surface area (Å²) in [6.45, 7) is 8.94. The monoisotopic (exact) mass is 674 g/mol. The van der Waals surface area contributed by atoms with Crippen molar-refractivity contribution in [3.8, 4) is 22.6 Å². The summed E-state index contributed by atoms with van der Waals surface area (Å²) in [6, 6.07) is 12.5. The van der Waals surface area contributed by atoms with Gasteiger partial charge in [0.25, 0.3) is 5.91 Å². The molecule has 4 aliphatic rings. The highest BCUT2D eigenvalue weighted by atomic mass is 16.4. The van der Waals surface area contributed by atoms with Gasteiger partial charge in [0.05, 0.1) is 24.5 Å². The number of carbonyl (C=O) groups is 2. The van der Waals surface area contributed by atoms with E-state index in [0.29, 0.717) is 36.6 Å². The molecule has 0 saturated heterocycles. The van der Waals surface area contributed by atoms with Crippen LogP contribution in [0.1, 0.15) is 96.5 Å². The number of benzene rings is 2. The Morgan fingerprint density at radius 1 is 0.960 bits per heavy atom. The van der Waals surface area contributed by atoms with Crippen molar-refractivity contribution in [3.05, 3.63) is 87.5 Å². The lowest BCUT2D eigenvalue weighted by Gasteiger charge is -2.43. The molecular weight excluding hydrogens is 628 g/mol. The molecule has 2 aromatic heterocycles. The van der Waals surface area contributed by atoms with Gasteiger partial charge in [-0.15, -0.1) is 0 Å². The van der Waals surface area contributed by atoms with Crippen molar-refractivity contribution in [1.29, 1.82) is 0 Å². The van der Waals surface area contributed by atoms with Crippen LogP contribution in [0.5, 0.6) is 0 Å². The topological polar surface area (TPSA) is 117 Å². The summed E-state index contributed by atoms with van der Waals surface area (Å²) in [5.74, 6) is 2.18. The lowest BCUT2D eigenvalue weighted by Crippen LogP contribution is -2.43. The average Bonchev–Trinajstić information content (AvgIpc) is 3.77. The number of rotatable bonds is 7. The minimum Gasteiger partial charge on any atom is -0.512 e. The number of nitrogens with one attached hydrogen (secondary N) is 1. The smallest absolute Gasteiger partial charge is 0.291 e. The van der Waals surface area contributed by atoms with E-state index in [2.05, 4.69) is 36.2 Å². The molecule has 2 aromatic carbocycles. The molecule has 0 radical (unpaired) electrons. The zero-order valence-electron chi connectivity index (χ0n) is 29.5. The van der Waals surface area contributed by atoms with Gasteiger partial charge in [0.2, 0.25) is 12.3 Å². The van der Waals surface area contributed by atoms with E-state index in [1.54, 1.807) is 4.90 Å². The lowest BCUT2D eigenvalue weighted by atomic mass is 9.69. The molecule has 0 spiro atoms. The first-order valence-corrected chi connectivity index (χ1v) is 18.0. The van der Waals surface area contributed by atoms with Crippen LogP contribution in [-0.4, -0.2) is 54.3 Å². The summed E-state index contributed by atoms with van der Waals surface area (Å²) < 4.78 is 8.07. The highest BCUT2D eigenvalue weighted by Gasteiger charge is 2.39. The number of aliphatic hydroxyl groups excluding tert-OH is 1. The number of imidazole rings is 1. The van der Waals surface area contributed by atoms with Crippen molar-refractivity contribution in [2.24, 2.45) is 12.5 Å². The largest absolute Gasteiger partial charge is 0.512 e. The number of amides is 2. The van der Waals surface area contributed by atoms with E-state index in [9.17, 15) is 14.7 Å². The van der Waals surface area contributed by atoms with Crippen LogP contribution in [0.4, 0.5) is 5.69 Å². The number of hydrogen-bond donors (Lipinski definition) is 2. The normalized spacial score (nSPS) is 21.8. The fourth-order valence-corrected chi connectivity index (χ4v) is 8.57. The number of aliphatic hydroxyl groups is 1. The Hall–Kier alpha value is -4.70. The fraction of sp³-hybridized carbons (Fsp3) is 0.450. The molecule has 2 N–H and O–H groups in total. The summed E-state index contributed by atoms with van der Waals surface area (Å²) in [5, 5.41) is 14.1. The van der Waals surface area contributed by atoms with Gasteiger partial charge < -0.3 is 24.3 Å². The molecule has 0 bridgehead atoms. The van der Waals surface area contributed by atoms with E-state index in [4.69, 9.17) is 14.4 Å². The number of allylic oxidation sites excluding steroid dienone is 2. The van der Waals surface area contributed by atoms with Crippen LogP contribution in [0.15, 0.2) is 52.1 Å². The Morgan fingerprint density at radius 2 is 1.68 bits per heavy atom. The first kappa shape index (κ1) is 32.5. The van der Waals surface area contributed by atoms with Gasteiger partial charge in [0, 0.05) is 55.0 Å². The summed E-state index contributed by atoms with van der Waals surface area (Å²) in [5.41, 5.74) is 9.82. The van der Waals surface area contributed by atoms with Crippen LogP contribution in [-0.2, 0) is 37.9 Å². The van der Waals surface area contributed by atoms with Crippen molar-refractivity contribution in [1.82, 2.24) is 24.3 Å². The third kappa shape index (κ3) is 5.54. The molecule has 2 amide bonds. The second-order valence-electron chi connectivity index (χ2n) is 15.0. The van der Waals surface area contributed by atoms with Gasteiger partial charge in [-0.05, 0) is 98.8 Å². The van der Waals surface area contributed by atoms with Crippen molar-refractivity contribution >= 4 is 18.0 Å². The third-order valence-electron chi connectivity index (χ3n) is 12.0. The Balaban J connectivity index is 0.971. The zero-order chi connectivity index (χ0) is 34.7. The number of aromatic nitrogens is 3. The first-order chi connectivity index (χ1) is 24.1. The summed E-state index contributed by atoms with van der Waals surface area (Å²) in [4.78, 5) is 38.8. The molecule has 2 saturated carbocycles. The average molecular weight is 675 g/mol. The predicted molar refractivity (Wildman–Crippen MR) is 191 cm³/mol. The van der Waals surface area contributed by atoms with E-state index < -0.39 is 0 Å². The highest BCUT2D eigenvalue weighted by molar-refractivity contribution is 6.03. The molecule has 2 aliphatic carbocycles. The molecule has 0 unspecified atom stereocenters. The van der Waals surface area contributed by atoms with Gasteiger partial charge in [0.1, 0.15) is 11.5 Å². The third-order valence-corrected chi connectivity index (χ3v) is 12.0. The highest BCUT2D eigenvalue weighted by Crippen LogP contribution is 2.46. The molecule has 2 fully saturated rings. The second-order valence-corrected chi connectivity index (χ2v) is 15.0. The van der Waals surface area contributed by atoms with Crippen molar-refractivity contribution in [2.45, 2.75) is 97.8 Å². The maximum absolute atomic E-state index is 13.8. The summed E-state index contributed by atoms with van der Waals surface area (Å²) in [7, 11) is 1.95. The Kier molecular flexibility index (Phi) is 8.17. The maximum atomic E-state index is 13.8.